The van der Waals surface area contributed by atoms with E-state index in [1.807, 2.05) is 38.1 Å². The van der Waals surface area contributed by atoms with Gasteiger partial charge in [-0.3, -0.25) is 0 Å². The number of rotatable bonds is 7. The molecule has 4 N–H and O–H groups in total. The van der Waals surface area contributed by atoms with Gasteiger partial charge in [-0.25, -0.2) is 0 Å². The largest absolute Gasteiger partial charge is 0.507 e. The molecular weight excluding hydrogens is 388 g/mol. The van der Waals surface area contributed by atoms with Crippen molar-refractivity contribution in [2.45, 2.75) is 59.3 Å². The van der Waals surface area contributed by atoms with Gasteiger partial charge < -0.3 is 20.4 Å². The lowest BCUT2D eigenvalue weighted by molar-refractivity contribution is 0.298. The Bertz CT molecular complexity index is 899. The van der Waals surface area contributed by atoms with E-state index >= 15 is 0 Å². The number of hydrogen-bond acceptors (Lipinski definition) is 4. The molecule has 0 saturated carbocycles. The lowest BCUT2D eigenvalue weighted by atomic mass is 9.68. The normalized spacial score (nSPS) is 19.0. The highest BCUT2D eigenvalue weighted by Crippen LogP contribution is 2.49. The molecule has 0 fully saturated rings. The van der Waals surface area contributed by atoms with Crippen molar-refractivity contribution in [2.75, 3.05) is 13.2 Å². The van der Waals surface area contributed by atoms with Crippen molar-refractivity contribution in [2.24, 2.45) is 11.8 Å². The van der Waals surface area contributed by atoms with E-state index in [1.165, 1.54) is 5.57 Å². The van der Waals surface area contributed by atoms with E-state index in [1.54, 1.807) is 0 Å². The molecule has 0 radical (unpaired) electrons. The molecule has 1 aliphatic rings. The van der Waals surface area contributed by atoms with Gasteiger partial charge in [0.2, 0.25) is 0 Å². The number of phenolic OH excluding ortho intramolecular Hbond substituents is 2. The van der Waals surface area contributed by atoms with E-state index in [0.29, 0.717) is 18.8 Å². The Kier molecular flexibility index (Phi) is 7.45. The Morgan fingerprint density at radius 2 is 1.32 bits per heavy atom. The average Bonchev–Trinajstić information content (AvgIpc) is 2.71. The SMILES string of the molecule is CC1=CC(C)C(C(c2cc(CCO)cc(C)c2O)c2cc(CCO)cc(C)c2O)CC1. The van der Waals surface area contributed by atoms with Gasteiger partial charge in [0.05, 0.1) is 0 Å². The lowest BCUT2D eigenvalue weighted by Crippen LogP contribution is -2.24. The van der Waals surface area contributed by atoms with Crippen LogP contribution in [0.2, 0.25) is 0 Å². The molecule has 2 aromatic carbocycles. The molecule has 168 valence electrons. The first-order valence-electron chi connectivity index (χ1n) is 11.3. The second kappa shape index (κ2) is 9.88. The van der Waals surface area contributed by atoms with Gasteiger partial charge in [-0.05, 0) is 80.5 Å². The van der Waals surface area contributed by atoms with Crippen molar-refractivity contribution in [3.05, 3.63) is 69.3 Å². The summed E-state index contributed by atoms with van der Waals surface area (Å²) < 4.78 is 0. The first-order chi connectivity index (χ1) is 14.8. The van der Waals surface area contributed by atoms with Crippen molar-refractivity contribution in [3.8, 4) is 11.5 Å². The molecule has 0 saturated heterocycles. The summed E-state index contributed by atoms with van der Waals surface area (Å²) in [6.07, 6.45) is 5.33. The van der Waals surface area contributed by atoms with Crippen LogP contribution >= 0.6 is 0 Å². The van der Waals surface area contributed by atoms with Crippen LogP contribution in [0.5, 0.6) is 11.5 Å². The van der Waals surface area contributed by atoms with Crippen molar-refractivity contribution < 1.29 is 20.4 Å². The Balaban J connectivity index is 2.25. The fourth-order valence-corrected chi connectivity index (χ4v) is 5.20. The second-order valence-corrected chi connectivity index (χ2v) is 9.20. The fourth-order valence-electron chi connectivity index (χ4n) is 5.20. The predicted octanol–water partition coefficient (Wildman–Crippen LogP) is 4.91. The van der Waals surface area contributed by atoms with Gasteiger partial charge in [-0.15, -0.1) is 0 Å². The standard InChI is InChI=1S/C27H36O4/c1-16-5-6-22(17(2)11-16)25(23-14-20(7-9-28)12-18(3)26(23)30)24-15-21(8-10-29)13-19(4)27(24)31/h11-15,17,22,25,28-31H,5-10H2,1-4H3. The summed E-state index contributed by atoms with van der Waals surface area (Å²) >= 11 is 0. The highest BCUT2D eigenvalue weighted by Gasteiger charge is 2.34. The van der Waals surface area contributed by atoms with E-state index in [-0.39, 0.29) is 36.5 Å². The average molecular weight is 425 g/mol. The summed E-state index contributed by atoms with van der Waals surface area (Å²) in [5.74, 6) is 0.841. The maximum absolute atomic E-state index is 11.1. The van der Waals surface area contributed by atoms with Gasteiger partial charge in [0.25, 0.3) is 0 Å². The van der Waals surface area contributed by atoms with Crippen LogP contribution in [0.15, 0.2) is 35.9 Å². The van der Waals surface area contributed by atoms with Gasteiger partial charge in [-0.2, -0.15) is 0 Å². The predicted molar refractivity (Wildman–Crippen MR) is 125 cm³/mol. The van der Waals surface area contributed by atoms with Crippen LogP contribution in [-0.4, -0.2) is 33.6 Å². The molecule has 1 aliphatic carbocycles. The lowest BCUT2D eigenvalue weighted by Gasteiger charge is -2.36. The number of aliphatic hydroxyl groups is 2. The molecule has 0 bridgehead atoms. The first-order valence-corrected chi connectivity index (χ1v) is 11.3. The molecule has 0 spiro atoms. The van der Waals surface area contributed by atoms with Crippen molar-refractivity contribution in [3.63, 3.8) is 0 Å². The minimum Gasteiger partial charge on any atom is -0.507 e. The number of allylic oxidation sites excluding steroid dienone is 2. The third kappa shape index (κ3) is 4.97. The highest BCUT2D eigenvalue weighted by atomic mass is 16.3. The summed E-state index contributed by atoms with van der Waals surface area (Å²) in [5, 5.41) is 41.2. The number of phenols is 2. The molecule has 0 aromatic heterocycles. The molecule has 4 nitrogen and oxygen atoms in total. The van der Waals surface area contributed by atoms with Crippen LogP contribution in [-0.2, 0) is 12.8 Å². The Morgan fingerprint density at radius 3 is 1.74 bits per heavy atom. The number of aromatic hydroxyl groups is 2. The molecule has 31 heavy (non-hydrogen) atoms. The Labute approximate surface area is 185 Å². The third-order valence-corrected chi connectivity index (χ3v) is 6.77. The zero-order chi connectivity index (χ0) is 22.7. The molecule has 0 heterocycles. The summed E-state index contributed by atoms with van der Waals surface area (Å²) in [6.45, 7) is 8.24. The summed E-state index contributed by atoms with van der Waals surface area (Å²) in [5.41, 5.74) is 6.53. The molecule has 2 atom stereocenters. The van der Waals surface area contributed by atoms with E-state index in [4.69, 9.17) is 0 Å². The topological polar surface area (TPSA) is 80.9 Å². The molecule has 3 rings (SSSR count). The molecule has 2 aromatic rings. The van der Waals surface area contributed by atoms with Crippen molar-refractivity contribution in [1.29, 1.82) is 0 Å². The molecular formula is C27H36O4. The molecule has 4 heteroatoms. The van der Waals surface area contributed by atoms with Gasteiger partial charge in [0, 0.05) is 30.3 Å². The second-order valence-electron chi connectivity index (χ2n) is 9.20. The smallest absolute Gasteiger partial charge is 0.122 e. The van der Waals surface area contributed by atoms with Crippen LogP contribution in [0.25, 0.3) is 0 Å². The molecule has 0 aliphatic heterocycles. The number of aryl methyl sites for hydroxylation is 2. The van der Waals surface area contributed by atoms with E-state index in [9.17, 15) is 20.4 Å². The maximum Gasteiger partial charge on any atom is 0.122 e. The number of aliphatic hydroxyl groups excluding tert-OH is 2. The van der Waals surface area contributed by atoms with E-state index in [0.717, 1.165) is 46.2 Å². The van der Waals surface area contributed by atoms with Gasteiger partial charge in [0.15, 0.2) is 0 Å². The zero-order valence-corrected chi connectivity index (χ0v) is 19.2. The van der Waals surface area contributed by atoms with E-state index in [2.05, 4.69) is 19.9 Å². The molecule has 0 amide bonds. The van der Waals surface area contributed by atoms with Gasteiger partial charge in [0.1, 0.15) is 11.5 Å². The van der Waals surface area contributed by atoms with Crippen LogP contribution in [0.3, 0.4) is 0 Å². The fraction of sp³-hybridized carbons (Fsp3) is 0.481. The summed E-state index contributed by atoms with van der Waals surface area (Å²) in [7, 11) is 0. The van der Waals surface area contributed by atoms with Crippen LogP contribution in [0.1, 0.15) is 66.0 Å². The van der Waals surface area contributed by atoms with Crippen LogP contribution in [0, 0.1) is 25.7 Å². The maximum atomic E-state index is 11.1. The summed E-state index contributed by atoms with van der Waals surface area (Å²) in [6, 6.07) is 7.84. The minimum atomic E-state index is -0.186. The Morgan fingerprint density at radius 1 is 0.839 bits per heavy atom. The van der Waals surface area contributed by atoms with Gasteiger partial charge in [-0.1, -0.05) is 42.8 Å². The minimum absolute atomic E-state index is 0.0480. The first kappa shape index (κ1) is 23.4. The number of hydrogen-bond donors (Lipinski definition) is 4. The molecule has 2 unspecified atom stereocenters. The monoisotopic (exact) mass is 424 g/mol. The van der Waals surface area contributed by atoms with Crippen molar-refractivity contribution >= 4 is 0 Å². The number of benzene rings is 2. The van der Waals surface area contributed by atoms with E-state index < -0.39 is 0 Å². The third-order valence-electron chi connectivity index (χ3n) is 6.77. The quantitative estimate of drug-likeness (QED) is 0.476. The van der Waals surface area contributed by atoms with Gasteiger partial charge >= 0.3 is 0 Å². The Hall–Kier alpha value is -2.30. The van der Waals surface area contributed by atoms with Crippen molar-refractivity contribution in [1.82, 2.24) is 0 Å². The highest BCUT2D eigenvalue weighted by molar-refractivity contribution is 5.54. The summed E-state index contributed by atoms with van der Waals surface area (Å²) in [4.78, 5) is 0. The van der Waals surface area contributed by atoms with Crippen LogP contribution in [0.4, 0.5) is 0 Å². The van der Waals surface area contributed by atoms with Crippen LogP contribution < -0.4 is 0 Å². The zero-order valence-electron chi connectivity index (χ0n) is 19.2.